The smallest absolute Gasteiger partial charge is 0.0950 e. The maximum atomic E-state index is 5.23. The summed E-state index contributed by atoms with van der Waals surface area (Å²) in [5, 5.41) is 3.56. The second-order valence-corrected chi connectivity index (χ2v) is 5.14. The van der Waals surface area contributed by atoms with E-state index in [0.29, 0.717) is 0 Å². The Labute approximate surface area is 109 Å². The van der Waals surface area contributed by atoms with Crippen LogP contribution in [0.25, 0.3) is 0 Å². The lowest BCUT2D eigenvalue weighted by molar-refractivity contribution is 0.351. The number of furan rings is 1. The molecule has 1 aromatic heterocycles. The van der Waals surface area contributed by atoms with Crippen LogP contribution in [0.5, 0.6) is 0 Å². The van der Waals surface area contributed by atoms with Crippen molar-refractivity contribution in [2.45, 2.75) is 32.2 Å². The van der Waals surface area contributed by atoms with Crippen molar-refractivity contribution in [1.29, 1.82) is 0 Å². The van der Waals surface area contributed by atoms with Crippen LogP contribution in [0.15, 0.2) is 53.3 Å². The van der Waals surface area contributed by atoms with Crippen molar-refractivity contribution in [2.24, 2.45) is 0 Å². The average molecular weight is 243 g/mol. The SMILES string of the molecule is CCNC(c1ccoc1)C(C)(C)c1ccccc1. The molecule has 18 heavy (non-hydrogen) atoms. The zero-order valence-corrected chi connectivity index (χ0v) is 11.3. The van der Waals surface area contributed by atoms with Gasteiger partial charge < -0.3 is 9.73 Å². The molecule has 0 saturated carbocycles. The molecule has 0 radical (unpaired) electrons. The lowest BCUT2D eigenvalue weighted by Crippen LogP contribution is -2.37. The van der Waals surface area contributed by atoms with Gasteiger partial charge >= 0.3 is 0 Å². The van der Waals surface area contributed by atoms with E-state index in [9.17, 15) is 0 Å². The third-order valence-electron chi connectivity index (χ3n) is 3.52. The molecular formula is C16H21NO. The molecule has 1 heterocycles. The van der Waals surface area contributed by atoms with Crippen molar-refractivity contribution in [2.75, 3.05) is 6.54 Å². The van der Waals surface area contributed by atoms with E-state index in [1.54, 1.807) is 6.26 Å². The fraction of sp³-hybridized carbons (Fsp3) is 0.375. The number of rotatable bonds is 5. The number of likely N-dealkylation sites (N-methyl/N-ethyl adjacent to an activating group) is 1. The molecular weight excluding hydrogens is 222 g/mol. The molecule has 0 fully saturated rings. The molecule has 1 atom stereocenters. The second-order valence-electron chi connectivity index (χ2n) is 5.14. The van der Waals surface area contributed by atoms with E-state index >= 15 is 0 Å². The second kappa shape index (κ2) is 5.40. The maximum absolute atomic E-state index is 5.23. The number of hydrogen-bond donors (Lipinski definition) is 1. The van der Waals surface area contributed by atoms with E-state index in [2.05, 4.69) is 56.4 Å². The molecule has 1 unspecified atom stereocenters. The van der Waals surface area contributed by atoms with E-state index in [0.717, 1.165) is 6.54 Å². The zero-order valence-electron chi connectivity index (χ0n) is 11.3. The Morgan fingerprint density at radius 2 is 1.89 bits per heavy atom. The predicted octanol–water partition coefficient (Wildman–Crippen LogP) is 3.91. The van der Waals surface area contributed by atoms with Crippen LogP contribution < -0.4 is 5.32 Å². The molecule has 0 amide bonds. The van der Waals surface area contributed by atoms with Gasteiger partial charge in [-0.15, -0.1) is 0 Å². The van der Waals surface area contributed by atoms with E-state index < -0.39 is 0 Å². The normalized spacial score (nSPS) is 13.5. The van der Waals surface area contributed by atoms with Gasteiger partial charge in [0.25, 0.3) is 0 Å². The summed E-state index contributed by atoms with van der Waals surface area (Å²) in [6.07, 6.45) is 3.57. The molecule has 0 aliphatic rings. The van der Waals surface area contributed by atoms with Crippen LogP contribution in [0, 0.1) is 0 Å². The first-order valence-electron chi connectivity index (χ1n) is 6.47. The molecule has 0 bridgehead atoms. The zero-order chi connectivity index (χ0) is 13.0. The Hall–Kier alpha value is -1.54. The van der Waals surface area contributed by atoms with Gasteiger partial charge in [-0.3, -0.25) is 0 Å². The first kappa shape index (κ1) is 12.9. The minimum atomic E-state index is 0.0150. The molecule has 0 aliphatic heterocycles. The van der Waals surface area contributed by atoms with Crippen LogP contribution in [0.4, 0.5) is 0 Å². The topological polar surface area (TPSA) is 25.2 Å². The van der Waals surface area contributed by atoms with Gasteiger partial charge in [0.1, 0.15) is 0 Å². The van der Waals surface area contributed by atoms with E-state index in [1.165, 1.54) is 11.1 Å². The Kier molecular flexibility index (Phi) is 3.87. The van der Waals surface area contributed by atoms with Gasteiger partial charge in [0.15, 0.2) is 0 Å². The Balaban J connectivity index is 2.36. The molecule has 0 saturated heterocycles. The van der Waals surface area contributed by atoms with Crippen LogP contribution in [0.1, 0.15) is 37.9 Å². The van der Waals surface area contributed by atoms with E-state index in [-0.39, 0.29) is 11.5 Å². The summed E-state index contributed by atoms with van der Waals surface area (Å²) in [6, 6.07) is 12.9. The first-order valence-corrected chi connectivity index (χ1v) is 6.47. The maximum Gasteiger partial charge on any atom is 0.0950 e. The summed E-state index contributed by atoms with van der Waals surface area (Å²) >= 11 is 0. The highest BCUT2D eigenvalue weighted by molar-refractivity contribution is 5.30. The van der Waals surface area contributed by atoms with Crippen molar-refractivity contribution in [3.8, 4) is 0 Å². The summed E-state index contributed by atoms with van der Waals surface area (Å²) < 4.78 is 5.23. The van der Waals surface area contributed by atoms with Crippen LogP contribution >= 0.6 is 0 Å². The molecule has 2 rings (SSSR count). The fourth-order valence-electron chi connectivity index (χ4n) is 2.47. The van der Waals surface area contributed by atoms with E-state index in [4.69, 9.17) is 4.42 Å². The Morgan fingerprint density at radius 1 is 1.17 bits per heavy atom. The molecule has 2 nitrogen and oxygen atoms in total. The highest BCUT2D eigenvalue weighted by Crippen LogP contribution is 2.36. The highest BCUT2D eigenvalue weighted by atomic mass is 16.3. The van der Waals surface area contributed by atoms with Crippen LogP contribution in [-0.4, -0.2) is 6.54 Å². The van der Waals surface area contributed by atoms with Gasteiger partial charge in [-0.05, 0) is 18.2 Å². The molecule has 0 aliphatic carbocycles. The number of hydrogen-bond acceptors (Lipinski definition) is 2. The Morgan fingerprint density at radius 3 is 2.44 bits per heavy atom. The quantitative estimate of drug-likeness (QED) is 0.861. The van der Waals surface area contributed by atoms with Gasteiger partial charge in [0, 0.05) is 17.0 Å². The van der Waals surface area contributed by atoms with Crippen molar-refractivity contribution in [3.63, 3.8) is 0 Å². The van der Waals surface area contributed by atoms with Gasteiger partial charge in [-0.2, -0.15) is 0 Å². The van der Waals surface area contributed by atoms with Gasteiger partial charge in [0.2, 0.25) is 0 Å². The third kappa shape index (κ3) is 2.49. The molecule has 2 heteroatoms. The van der Waals surface area contributed by atoms with Crippen LogP contribution in [0.2, 0.25) is 0 Å². The van der Waals surface area contributed by atoms with Crippen LogP contribution in [-0.2, 0) is 5.41 Å². The summed E-state index contributed by atoms with van der Waals surface area (Å²) in [4.78, 5) is 0. The van der Waals surface area contributed by atoms with Crippen molar-refractivity contribution in [3.05, 3.63) is 60.1 Å². The number of benzene rings is 1. The van der Waals surface area contributed by atoms with Gasteiger partial charge in [-0.25, -0.2) is 0 Å². The molecule has 0 spiro atoms. The number of nitrogens with one attached hydrogen (secondary N) is 1. The third-order valence-corrected chi connectivity index (χ3v) is 3.52. The molecule has 1 aromatic carbocycles. The minimum Gasteiger partial charge on any atom is -0.472 e. The lowest BCUT2D eigenvalue weighted by Gasteiger charge is -2.35. The average Bonchev–Trinajstić information content (AvgIpc) is 2.90. The van der Waals surface area contributed by atoms with Crippen LogP contribution in [0.3, 0.4) is 0 Å². The standard InChI is InChI=1S/C16H21NO/c1-4-17-15(13-10-11-18-12-13)16(2,3)14-8-6-5-7-9-14/h5-12,15,17H,4H2,1-3H3. The summed E-state index contributed by atoms with van der Waals surface area (Å²) in [6.45, 7) is 7.60. The van der Waals surface area contributed by atoms with Gasteiger partial charge in [-0.1, -0.05) is 51.1 Å². The van der Waals surface area contributed by atoms with Crippen molar-refractivity contribution < 1.29 is 4.42 Å². The first-order chi connectivity index (χ1) is 8.66. The van der Waals surface area contributed by atoms with Gasteiger partial charge in [0.05, 0.1) is 12.5 Å². The summed E-state index contributed by atoms with van der Waals surface area (Å²) in [5.74, 6) is 0. The van der Waals surface area contributed by atoms with Crippen molar-refractivity contribution >= 4 is 0 Å². The minimum absolute atomic E-state index is 0.0150. The van der Waals surface area contributed by atoms with Crippen molar-refractivity contribution in [1.82, 2.24) is 5.32 Å². The summed E-state index contributed by atoms with van der Waals surface area (Å²) in [7, 11) is 0. The molecule has 1 N–H and O–H groups in total. The predicted molar refractivity (Wildman–Crippen MR) is 74.6 cm³/mol. The fourth-order valence-corrected chi connectivity index (χ4v) is 2.47. The molecule has 96 valence electrons. The largest absolute Gasteiger partial charge is 0.472 e. The monoisotopic (exact) mass is 243 g/mol. The highest BCUT2D eigenvalue weighted by Gasteiger charge is 2.32. The molecule has 2 aromatic rings. The Bertz CT molecular complexity index is 459. The summed E-state index contributed by atoms with van der Waals surface area (Å²) in [5.41, 5.74) is 2.55. The lowest BCUT2D eigenvalue weighted by atomic mass is 9.75. The van der Waals surface area contributed by atoms with E-state index in [1.807, 2.05) is 12.3 Å².